The Kier molecular flexibility index (Phi) is 6.50. The first-order chi connectivity index (χ1) is 4.81. The lowest BCUT2D eigenvalue weighted by Crippen LogP contribution is -2.11. The number of carbonyl (C=O) groups is 1. The van der Waals surface area contributed by atoms with Crippen LogP contribution in [-0.2, 0) is 4.79 Å². The first-order valence-corrected chi connectivity index (χ1v) is 3.89. The second-order valence-corrected chi connectivity index (χ2v) is 2.74. The van der Waals surface area contributed by atoms with E-state index in [1.807, 2.05) is 7.05 Å². The maximum atomic E-state index is 9.97. The lowest BCUT2D eigenvalue weighted by molar-refractivity contribution is -0.108. The molecular formula is C8H17NO. The molecule has 0 aromatic carbocycles. The molecule has 2 nitrogen and oxygen atoms in total. The number of nitrogens with one attached hydrogen (secondary N) is 1. The predicted octanol–water partition coefficient (Wildman–Crippen LogP) is 1.21. The molecule has 0 saturated carbocycles. The van der Waals surface area contributed by atoms with Crippen molar-refractivity contribution in [2.24, 2.45) is 5.92 Å². The largest absolute Gasteiger partial charge is 0.320 e. The van der Waals surface area contributed by atoms with Crippen LogP contribution in [0.3, 0.4) is 0 Å². The lowest BCUT2D eigenvalue weighted by Gasteiger charge is -2.07. The zero-order valence-electron chi connectivity index (χ0n) is 6.89. The van der Waals surface area contributed by atoms with Gasteiger partial charge in [0.25, 0.3) is 0 Å². The van der Waals surface area contributed by atoms with Gasteiger partial charge in [0.15, 0.2) is 0 Å². The van der Waals surface area contributed by atoms with Crippen molar-refractivity contribution >= 4 is 6.29 Å². The van der Waals surface area contributed by atoms with Gasteiger partial charge in [-0.15, -0.1) is 0 Å². The summed E-state index contributed by atoms with van der Waals surface area (Å²) in [6, 6.07) is 0. The molecule has 0 aliphatic carbocycles. The summed E-state index contributed by atoms with van der Waals surface area (Å²) < 4.78 is 0. The van der Waals surface area contributed by atoms with Crippen LogP contribution < -0.4 is 5.32 Å². The number of rotatable bonds is 6. The van der Waals surface area contributed by atoms with Crippen LogP contribution in [-0.4, -0.2) is 19.9 Å². The van der Waals surface area contributed by atoms with Crippen LogP contribution in [0.25, 0.3) is 0 Å². The van der Waals surface area contributed by atoms with Gasteiger partial charge in [-0.2, -0.15) is 0 Å². The monoisotopic (exact) mass is 143 g/mol. The van der Waals surface area contributed by atoms with Gasteiger partial charge in [0.05, 0.1) is 0 Å². The van der Waals surface area contributed by atoms with Crippen LogP contribution >= 0.6 is 0 Å². The molecule has 0 rings (SSSR count). The van der Waals surface area contributed by atoms with Gasteiger partial charge in [0.2, 0.25) is 0 Å². The Morgan fingerprint density at radius 2 is 2.20 bits per heavy atom. The third-order valence-electron chi connectivity index (χ3n) is 1.66. The molecule has 0 aromatic heterocycles. The highest BCUT2D eigenvalue weighted by Gasteiger charge is 1.98. The van der Waals surface area contributed by atoms with E-state index in [4.69, 9.17) is 0 Å². The van der Waals surface area contributed by atoms with Gasteiger partial charge in [-0.25, -0.2) is 0 Å². The molecular weight excluding hydrogens is 126 g/mol. The molecule has 0 spiro atoms. The summed E-state index contributed by atoms with van der Waals surface area (Å²) in [5.74, 6) is 0.678. The molecule has 0 aliphatic heterocycles. The molecule has 1 atom stereocenters. The lowest BCUT2D eigenvalue weighted by atomic mass is 10.0. The Hall–Kier alpha value is -0.370. The van der Waals surface area contributed by atoms with Crippen molar-refractivity contribution in [2.45, 2.75) is 26.2 Å². The molecule has 10 heavy (non-hydrogen) atoms. The van der Waals surface area contributed by atoms with Crippen molar-refractivity contribution in [3.8, 4) is 0 Å². The van der Waals surface area contributed by atoms with Crippen molar-refractivity contribution in [1.29, 1.82) is 0 Å². The Bertz CT molecular complexity index is 83.3. The summed E-state index contributed by atoms with van der Waals surface area (Å²) in [6.45, 7) is 3.24. The van der Waals surface area contributed by atoms with E-state index >= 15 is 0 Å². The van der Waals surface area contributed by atoms with Crippen molar-refractivity contribution in [3.63, 3.8) is 0 Å². The standard InChI is InChI=1S/C8H17NO/c1-8(4-3-7-10)5-6-9-2/h7-9H,3-6H2,1-2H3. The number of hydrogen-bond donors (Lipinski definition) is 1. The zero-order valence-corrected chi connectivity index (χ0v) is 6.89. The quantitative estimate of drug-likeness (QED) is 0.566. The second kappa shape index (κ2) is 6.75. The molecule has 1 N–H and O–H groups in total. The Morgan fingerprint density at radius 1 is 1.50 bits per heavy atom. The third-order valence-corrected chi connectivity index (χ3v) is 1.66. The van der Waals surface area contributed by atoms with Gasteiger partial charge in [-0.1, -0.05) is 6.92 Å². The minimum atomic E-state index is 0.678. The first kappa shape index (κ1) is 9.63. The van der Waals surface area contributed by atoms with E-state index in [-0.39, 0.29) is 0 Å². The highest BCUT2D eigenvalue weighted by atomic mass is 16.1. The summed E-state index contributed by atoms with van der Waals surface area (Å²) in [5, 5.41) is 3.09. The fraction of sp³-hybridized carbons (Fsp3) is 0.875. The van der Waals surface area contributed by atoms with Crippen LogP contribution in [0, 0.1) is 5.92 Å². The molecule has 0 saturated heterocycles. The first-order valence-electron chi connectivity index (χ1n) is 3.89. The molecule has 0 radical (unpaired) electrons. The minimum absolute atomic E-state index is 0.678. The molecule has 2 heteroatoms. The zero-order chi connectivity index (χ0) is 7.82. The number of aldehydes is 1. The van der Waals surface area contributed by atoms with Crippen LogP contribution in [0.4, 0.5) is 0 Å². The fourth-order valence-corrected chi connectivity index (χ4v) is 0.888. The van der Waals surface area contributed by atoms with Gasteiger partial charge in [0.1, 0.15) is 6.29 Å². The Balaban J connectivity index is 3.07. The normalized spacial score (nSPS) is 13.0. The van der Waals surface area contributed by atoms with Gasteiger partial charge < -0.3 is 10.1 Å². The Labute approximate surface area is 63.0 Å². The molecule has 0 fully saturated rings. The van der Waals surface area contributed by atoms with E-state index in [0.717, 1.165) is 19.3 Å². The van der Waals surface area contributed by atoms with Gasteiger partial charge >= 0.3 is 0 Å². The van der Waals surface area contributed by atoms with Gasteiger partial charge in [-0.05, 0) is 32.4 Å². The van der Waals surface area contributed by atoms with Crippen LogP contribution in [0.1, 0.15) is 26.2 Å². The second-order valence-electron chi connectivity index (χ2n) is 2.74. The summed E-state index contributed by atoms with van der Waals surface area (Å²) in [5.41, 5.74) is 0. The van der Waals surface area contributed by atoms with E-state index in [1.165, 1.54) is 6.42 Å². The summed E-state index contributed by atoms with van der Waals surface area (Å²) in [6.07, 6.45) is 3.91. The van der Waals surface area contributed by atoms with E-state index in [9.17, 15) is 4.79 Å². The minimum Gasteiger partial charge on any atom is -0.320 e. The highest BCUT2D eigenvalue weighted by Crippen LogP contribution is 2.07. The van der Waals surface area contributed by atoms with E-state index in [0.29, 0.717) is 12.3 Å². The maximum absolute atomic E-state index is 9.97. The van der Waals surface area contributed by atoms with Crippen molar-refractivity contribution in [3.05, 3.63) is 0 Å². The summed E-state index contributed by atoms with van der Waals surface area (Å²) >= 11 is 0. The topological polar surface area (TPSA) is 29.1 Å². The van der Waals surface area contributed by atoms with Gasteiger partial charge in [0, 0.05) is 6.42 Å². The molecule has 0 aliphatic rings. The molecule has 0 heterocycles. The predicted molar refractivity (Wildman–Crippen MR) is 43.0 cm³/mol. The molecule has 1 unspecified atom stereocenters. The third kappa shape index (κ3) is 5.76. The van der Waals surface area contributed by atoms with Crippen LogP contribution in [0.15, 0.2) is 0 Å². The molecule has 0 bridgehead atoms. The van der Waals surface area contributed by atoms with Crippen molar-refractivity contribution in [2.75, 3.05) is 13.6 Å². The van der Waals surface area contributed by atoms with Crippen LogP contribution in [0.2, 0.25) is 0 Å². The maximum Gasteiger partial charge on any atom is 0.120 e. The molecule has 0 amide bonds. The number of hydrogen-bond acceptors (Lipinski definition) is 2. The smallest absolute Gasteiger partial charge is 0.120 e. The fourth-order valence-electron chi connectivity index (χ4n) is 0.888. The van der Waals surface area contributed by atoms with Gasteiger partial charge in [-0.3, -0.25) is 0 Å². The molecule has 0 aromatic rings. The summed E-state index contributed by atoms with van der Waals surface area (Å²) in [4.78, 5) is 9.97. The van der Waals surface area contributed by atoms with E-state index in [1.54, 1.807) is 0 Å². The van der Waals surface area contributed by atoms with Crippen LogP contribution in [0.5, 0.6) is 0 Å². The van der Waals surface area contributed by atoms with E-state index < -0.39 is 0 Å². The average molecular weight is 143 g/mol. The highest BCUT2D eigenvalue weighted by molar-refractivity contribution is 5.49. The average Bonchev–Trinajstić information content (AvgIpc) is 1.97. The Morgan fingerprint density at radius 3 is 2.70 bits per heavy atom. The number of carbonyl (C=O) groups excluding carboxylic acids is 1. The van der Waals surface area contributed by atoms with Crippen molar-refractivity contribution in [1.82, 2.24) is 5.32 Å². The van der Waals surface area contributed by atoms with E-state index in [2.05, 4.69) is 12.2 Å². The summed E-state index contributed by atoms with van der Waals surface area (Å²) in [7, 11) is 1.95. The SMILES string of the molecule is CNCCC(C)CCC=O. The van der Waals surface area contributed by atoms with Crippen molar-refractivity contribution < 1.29 is 4.79 Å². The molecule has 60 valence electrons.